The molecule has 0 bridgehead atoms. The lowest BCUT2D eigenvalue weighted by Gasteiger charge is -2.22. The maximum absolute atomic E-state index is 14.4. The number of hydrogen-bond acceptors (Lipinski definition) is 7. The molecule has 2 heterocycles. The second kappa shape index (κ2) is 10.5. The van der Waals surface area contributed by atoms with Crippen LogP contribution in [0.5, 0.6) is 11.5 Å². The molecule has 1 N–H and O–H groups in total. The van der Waals surface area contributed by atoms with Gasteiger partial charge in [0.1, 0.15) is 24.1 Å². The van der Waals surface area contributed by atoms with E-state index in [4.69, 9.17) is 4.74 Å². The van der Waals surface area contributed by atoms with Gasteiger partial charge in [-0.25, -0.2) is 13.8 Å². The van der Waals surface area contributed by atoms with E-state index < -0.39 is 58.9 Å². The average molecular weight is 556 g/mol. The van der Waals surface area contributed by atoms with Gasteiger partial charge in [-0.3, -0.25) is 9.36 Å². The van der Waals surface area contributed by atoms with Gasteiger partial charge in [0.25, 0.3) is 12.0 Å². The van der Waals surface area contributed by atoms with Gasteiger partial charge in [-0.05, 0) is 19.1 Å². The van der Waals surface area contributed by atoms with E-state index >= 15 is 0 Å². The number of benzene rings is 1. The minimum Gasteiger partial charge on any atom is -0.618 e. The summed E-state index contributed by atoms with van der Waals surface area (Å²) >= 11 is 0. The molecule has 9 nitrogen and oxygen atoms in total. The molecule has 0 aliphatic carbocycles. The first-order valence-corrected chi connectivity index (χ1v) is 10.5. The lowest BCUT2D eigenvalue weighted by atomic mass is 10.0. The number of rotatable bonds is 7. The quantitative estimate of drug-likeness (QED) is 0.259. The molecule has 1 aromatic carbocycles. The molecule has 2 aromatic heterocycles. The van der Waals surface area contributed by atoms with Gasteiger partial charge in [0.15, 0.2) is 5.69 Å². The number of pyridine rings is 1. The molecule has 39 heavy (non-hydrogen) atoms. The molecular weight excluding hydrogens is 541 g/mol. The van der Waals surface area contributed by atoms with Crippen molar-refractivity contribution in [1.82, 2.24) is 9.55 Å². The third kappa shape index (κ3) is 5.40. The van der Waals surface area contributed by atoms with Crippen LogP contribution in [0.1, 0.15) is 40.1 Å². The van der Waals surface area contributed by atoms with Crippen LogP contribution in [-0.4, -0.2) is 22.8 Å². The Bertz CT molecular complexity index is 1570. The second-order valence-corrected chi connectivity index (χ2v) is 7.91. The summed E-state index contributed by atoms with van der Waals surface area (Å²) < 4.78 is 101. The van der Waals surface area contributed by atoms with E-state index in [1.807, 2.05) is 0 Å². The maximum atomic E-state index is 14.4. The van der Waals surface area contributed by atoms with Crippen LogP contribution in [0.25, 0.3) is 0 Å². The Morgan fingerprint density at radius 2 is 1.79 bits per heavy atom. The molecule has 0 unspecified atom stereocenters. The summed E-state index contributed by atoms with van der Waals surface area (Å²) in [6.45, 7) is 0.369. The van der Waals surface area contributed by atoms with Crippen LogP contribution < -0.4 is 20.3 Å². The SMILES string of the molecule is CNc1c[n+]([O-])c(Cn2cnc(C(F)(F)C(F)(F)F)c(Oc3cc(C(F)F)cc(C#N)c3C)c2=O)cc1C#N. The second-order valence-electron chi connectivity index (χ2n) is 7.91. The van der Waals surface area contributed by atoms with Gasteiger partial charge in [-0.15, -0.1) is 0 Å². The Morgan fingerprint density at radius 3 is 2.33 bits per heavy atom. The summed E-state index contributed by atoms with van der Waals surface area (Å²) in [5.41, 5.74) is -5.56. The van der Waals surface area contributed by atoms with Crippen LogP contribution in [0.2, 0.25) is 0 Å². The number of alkyl halides is 7. The van der Waals surface area contributed by atoms with E-state index in [1.165, 1.54) is 7.05 Å². The lowest BCUT2D eigenvalue weighted by Crippen LogP contribution is -2.39. The first-order chi connectivity index (χ1) is 18.2. The van der Waals surface area contributed by atoms with Gasteiger partial charge >= 0.3 is 12.1 Å². The molecule has 16 heteroatoms. The molecule has 0 aliphatic rings. The molecule has 3 aromatic rings. The van der Waals surface area contributed by atoms with Crippen LogP contribution >= 0.6 is 0 Å². The Balaban J connectivity index is 2.26. The van der Waals surface area contributed by atoms with Crippen LogP contribution in [0.15, 0.2) is 35.5 Å². The average Bonchev–Trinajstić information content (AvgIpc) is 2.87. The van der Waals surface area contributed by atoms with Crippen molar-refractivity contribution < 1.29 is 40.2 Å². The number of nitrogens with zero attached hydrogens (tertiary/aromatic N) is 5. The number of nitrogens with one attached hydrogen (secondary N) is 1. The summed E-state index contributed by atoms with van der Waals surface area (Å²) in [5, 5.41) is 33.4. The van der Waals surface area contributed by atoms with Crippen molar-refractivity contribution >= 4 is 5.69 Å². The van der Waals surface area contributed by atoms with E-state index in [1.54, 1.807) is 12.1 Å². The van der Waals surface area contributed by atoms with Crippen molar-refractivity contribution in [2.75, 3.05) is 12.4 Å². The smallest absolute Gasteiger partial charge is 0.459 e. The molecule has 0 fully saturated rings. The predicted octanol–water partition coefficient (Wildman–Crippen LogP) is 4.40. The minimum absolute atomic E-state index is 0.0548. The van der Waals surface area contributed by atoms with E-state index in [-0.39, 0.29) is 27.2 Å². The molecule has 0 saturated carbocycles. The predicted molar refractivity (Wildman–Crippen MR) is 118 cm³/mol. The fraction of sp³-hybridized carbons (Fsp3) is 0.261. The Hall–Kier alpha value is -4.86. The number of anilines is 1. The molecule has 0 amide bonds. The zero-order chi connectivity index (χ0) is 29.3. The Labute approximate surface area is 214 Å². The number of ether oxygens (including phenoxy) is 1. The zero-order valence-corrected chi connectivity index (χ0v) is 19.8. The van der Waals surface area contributed by atoms with Crippen molar-refractivity contribution in [3.8, 4) is 23.6 Å². The zero-order valence-electron chi connectivity index (χ0n) is 19.8. The highest BCUT2D eigenvalue weighted by Gasteiger charge is 2.62. The van der Waals surface area contributed by atoms with Crippen LogP contribution in [0.4, 0.5) is 36.4 Å². The van der Waals surface area contributed by atoms with E-state index in [2.05, 4.69) is 10.3 Å². The van der Waals surface area contributed by atoms with Crippen molar-refractivity contribution in [1.29, 1.82) is 10.5 Å². The van der Waals surface area contributed by atoms with Crippen molar-refractivity contribution in [2.45, 2.75) is 32.0 Å². The lowest BCUT2D eigenvalue weighted by molar-refractivity contribution is -0.613. The van der Waals surface area contributed by atoms with E-state index in [0.717, 1.165) is 25.3 Å². The molecule has 0 atom stereocenters. The van der Waals surface area contributed by atoms with Gasteiger partial charge < -0.3 is 15.3 Å². The molecule has 0 spiro atoms. The third-order valence-electron chi connectivity index (χ3n) is 5.47. The molecule has 3 rings (SSSR count). The van der Waals surface area contributed by atoms with Gasteiger partial charge in [-0.2, -0.15) is 37.2 Å². The standard InChI is InChI=1S/C23H15F7N6O3/c1-11-13(6-31)3-12(20(24)25)5-17(11)39-18-19(22(26,27)23(28,29)30)34-10-35(21(18)37)8-15-4-14(7-32)16(33-2)9-36(15)38/h3-5,9-10,20,33H,8H2,1-2H3. The largest absolute Gasteiger partial charge is 0.618 e. The summed E-state index contributed by atoms with van der Waals surface area (Å²) in [4.78, 5) is 16.2. The molecule has 0 radical (unpaired) electrons. The fourth-order valence-corrected chi connectivity index (χ4v) is 3.36. The number of aromatic nitrogens is 3. The van der Waals surface area contributed by atoms with Crippen molar-refractivity contribution in [3.05, 3.63) is 79.9 Å². The van der Waals surface area contributed by atoms with Crippen molar-refractivity contribution in [3.63, 3.8) is 0 Å². The number of nitriles is 2. The third-order valence-corrected chi connectivity index (χ3v) is 5.47. The van der Waals surface area contributed by atoms with Crippen molar-refractivity contribution in [2.24, 2.45) is 0 Å². The highest BCUT2D eigenvalue weighted by atomic mass is 19.4. The van der Waals surface area contributed by atoms with E-state index in [9.17, 15) is 51.3 Å². The molecule has 204 valence electrons. The number of halogens is 7. The van der Waals surface area contributed by atoms with Gasteiger partial charge in [0.05, 0.1) is 23.5 Å². The van der Waals surface area contributed by atoms with Gasteiger partial charge in [0, 0.05) is 24.2 Å². The summed E-state index contributed by atoms with van der Waals surface area (Å²) in [6, 6.07) is 5.72. The monoisotopic (exact) mass is 556 g/mol. The molecule has 0 aliphatic heterocycles. The Kier molecular flexibility index (Phi) is 7.72. The first-order valence-electron chi connectivity index (χ1n) is 10.5. The van der Waals surface area contributed by atoms with Gasteiger partial charge in [0.2, 0.25) is 17.6 Å². The normalized spacial score (nSPS) is 11.7. The first kappa shape index (κ1) is 28.7. The Morgan fingerprint density at radius 1 is 1.15 bits per heavy atom. The van der Waals surface area contributed by atoms with Crippen LogP contribution in [0.3, 0.4) is 0 Å². The summed E-state index contributed by atoms with van der Waals surface area (Å²) in [5.74, 6) is -8.18. The molecular formula is C23H15F7N6O3. The highest BCUT2D eigenvalue weighted by molar-refractivity contribution is 5.55. The molecule has 0 saturated heterocycles. The van der Waals surface area contributed by atoms with Crippen LogP contribution in [0, 0.1) is 34.8 Å². The highest BCUT2D eigenvalue weighted by Crippen LogP contribution is 2.46. The van der Waals surface area contributed by atoms with Crippen LogP contribution in [-0.2, 0) is 12.5 Å². The maximum Gasteiger partial charge on any atom is 0.459 e. The fourth-order valence-electron chi connectivity index (χ4n) is 3.36. The number of hydrogen-bond donors (Lipinski definition) is 1. The minimum atomic E-state index is -6.24. The van der Waals surface area contributed by atoms with E-state index in [0.29, 0.717) is 17.0 Å². The summed E-state index contributed by atoms with van der Waals surface area (Å²) in [7, 11) is 1.41. The van der Waals surface area contributed by atoms with Gasteiger partial charge in [-0.1, -0.05) is 0 Å². The topological polar surface area (TPSA) is 131 Å². The summed E-state index contributed by atoms with van der Waals surface area (Å²) in [6.07, 6.45) is -8.19.